The minimum Gasteiger partial charge on any atom is -0.354 e. The van der Waals surface area contributed by atoms with Gasteiger partial charge in [0, 0.05) is 18.0 Å². The van der Waals surface area contributed by atoms with Crippen molar-refractivity contribution in [1.82, 2.24) is 20.9 Å². The van der Waals surface area contributed by atoms with E-state index in [2.05, 4.69) is 27.6 Å². The van der Waals surface area contributed by atoms with Crippen molar-refractivity contribution in [3.8, 4) is 11.5 Å². The van der Waals surface area contributed by atoms with E-state index in [4.69, 9.17) is 9.73 Å². The van der Waals surface area contributed by atoms with E-state index in [1.165, 1.54) is 28.4 Å². The van der Waals surface area contributed by atoms with Crippen molar-refractivity contribution in [3.63, 3.8) is 0 Å². The van der Waals surface area contributed by atoms with Gasteiger partial charge in [-0.25, -0.2) is 10.5 Å². The first-order valence-corrected chi connectivity index (χ1v) is 8.25. The van der Waals surface area contributed by atoms with Gasteiger partial charge in [0.2, 0.25) is 0 Å². The van der Waals surface area contributed by atoms with Crippen LogP contribution in [0.15, 0.2) is 46.3 Å². The number of thiazole rings is 1. The molecule has 3 N–H and O–H groups in total. The maximum absolute atomic E-state index is 11.2. The highest BCUT2D eigenvalue weighted by molar-refractivity contribution is 7.09. The molecular formula is C16H16N4O3S. The van der Waals surface area contributed by atoms with Gasteiger partial charge in [0.1, 0.15) is 10.7 Å². The normalized spacial score (nSPS) is 10.7. The van der Waals surface area contributed by atoms with Crippen LogP contribution in [0.2, 0.25) is 0 Å². The number of aromatic nitrogens is 2. The molecule has 0 fully saturated rings. The Hall–Kier alpha value is -2.55. The van der Waals surface area contributed by atoms with Crippen molar-refractivity contribution in [2.75, 3.05) is 6.54 Å². The van der Waals surface area contributed by atoms with Gasteiger partial charge < -0.3 is 9.84 Å². The quantitative estimate of drug-likeness (QED) is 0.345. The van der Waals surface area contributed by atoms with Crippen molar-refractivity contribution in [2.45, 2.75) is 13.0 Å². The van der Waals surface area contributed by atoms with Gasteiger partial charge in [0.25, 0.3) is 5.91 Å². The van der Waals surface area contributed by atoms with E-state index in [1.54, 1.807) is 0 Å². The largest absolute Gasteiger partial charge is 0.354 e. The summed E-state index contributed by atoms with van der Waals surface area (Å²) in [6.45, 7) is 1.53. The number of benzene rings is 1. The summed E-state index contributed by atoms with van der Waals surface area (Å²) < 4.78 is 5.07. The van der Waals surface area contributed by atoms with E-state index in [0.717, 1.165) is 18.0 Å². The van der Waals surface area contributed by atoms with Crippen LogP contribution in [0.1, 0.15) is 21.1 Å². The first kappa shape index (κ1) is 16.3. The lowest BCUT2D eigenvalue weighted by atomic mass is 10.1. The van der Waals surface area contributed by atoms with Gasteiger partial charge in [-0.3, -0.25) is 10.0 Å². The maximum atomic E-state index is 11.2. The SMILES string of the molecule is O=C(NO)c1cc(-c2csc(CNCCc3ccccc3)n2)on1. The topological polar surface area (TPSA) is 100 Å². The van der Waals surface area contributed by atoms with Gasteiger partial charge >= 0.3 is 0 Å². The van der Waals surface area contributed by atoms with E-state index < -0.39 is 5.91 Å². The zero-order valence-corrected chi connectivity index (χ0v) is 13.5. The van der Waals surface area contributed by atoms with Crippen LogP contribution in [-0.4, -0.2) is 27.8 Å². The summed E-state index contributed by atoms with van der Waals surface area (Å²) >= 11 is 1.50. The Bertz CT molecular complexity index is 801. The summed E-state index contributed by atoms with van der Waals surface area (Å²) in [5.41, 5.74) is 3.42. The zero-order valence-electron chi connectivity index (χ0n) is 12.7. The Morgan fingerprint density at radius 1 is 1.29 bits per heavy atom. The Labute approximate surface area is 142 Å². The molecule has 0 spiro atoms. The van der Waals surface area contributed by atoms with Crippen molar-refractivity contribution in [3.05, 3.63) is 58.0 Å². The number of nitrogens with one attached hydrogen (secondary N) is 2. The second kappa shape index (κ2) is 7.82. The van der Waals surface area contributed by atoms with Crippen LogP contribution in [0.4, 0.5) is 0 Å². The fraction of sp³-hybridized carbons (Fsp3) is 0.188. The zero-order chi connectivity index (χ0) is 16.8. The maximum Gasteiger partial charge on any atom is 0.296 e. The second-order valence-corrected chi connectivity index (χ2v) is 6.00. The third-order valence-corrected chi connectivity index (χ3v) is 4.21. The number of amides is 1. The molecule has 3 rings (SSSR count). The molecule has 2 heterocycles. The van der Waals surface area contributed by atoms with Gasteiger partial charge in [-0.1, -0.05) is 35.5 Å². The Balaban J connectivity index is 1.52. The molecule has 8 heteroatoms. The summed E-state index contributed by atoms with van der Waals surface area (Å²) in [4.78, 5) is 15.7. The van der Waals surface area contributed by atoms with E-state index >= 15 is 0 Å². The van der Waals surface area contributed by atoms with Crippen molar-refractivity contribution in [2.24, 2.45) is 0 Å². The number of nitrogens with zero attached hydrogens (tertiary/aromatic N) is 2. The number of hydroxylamine groups is 1. The Kier molecular flexibility index (Phi) is 5.32. The van der Waals surface area contributed by atoms with E-state index in [0.29, 0.717) is 18.0 Å². The molecule has 1 aromatic carbocycles. The number of rotatable bonds is 7. The summed E-state index contributed by atoms with van der Waals surface area (Å²) in [6, 6.07) is 11.7. The highest BCUT2D eigenvalue weighted by Gasteiger charge is 2.15. The molecule has 1 amide bonds. The molecule has 0 saturated heterocycles. The summed E-state index contributed by atoms with van der Waals surface area (Å²) in [5.74, 6) is -0.330. The average molecular weight is 344 g/mol. The standard InChI is InChI=1S/C16H16N4O3S/c21-16(19-22)12-8-14(23-20-12)13-10-24-15(18-13)9-17-7-6-11-4-2-1-3-5-11/h1-5,8,10,17,22H,6-7,9H2,(H,19,21). The molecule has 124 valence electrons. The Morgan fingerprint density at radius 3 is 2.92 bits per heavy atom. The number of carbonyl (C=O) groups excluding carboxylic acids is 1. The molecule has 7 nitrogen and oxygen atoms in total. The predicted molar refractivity (Wildman–Crippen MR) is 88.7 cm³/mol. The lowest BCUT2D eigenvalue weighted by Gasteiger charge is -2.02. The molecular weight excluding hydrogens is 328 g/mol. The molecule has 0 aliphatic heterocycles. The fourth-order valence-electron chi connectivity index (χ4n) is 2.14. The summed E-state index contributed by atoms with van der Waals surface area (Å²) in [6.07, 6.45) is 0.959. The molecule has 0 saturated carbocycles. The third kappa shape index (κ3) is 4.05. The number of carbonyl (C=O) groups is 1. The van der Waals surface area contributed by atoms with Crippen LogP contribution >= 0.6 is 11.3 Å². The van der Waals surface area contributed by atoms with Crippen LogP contribution in [0, 0.1) is 0 Å². The van der Waals surface area contributed by atoms with E-state index in [1.807, 2.05) is 23.6 Å². The summed E-state index contributed by atoms with van der Waals surface area (Å²) in [5, 5.41) is 18.3. The summed E-state index contributed by atoms with van der Waals surface area (Å²) in [7, 11) is 0. The minimum atomic E-state index is -0.719. The van der Waals surface area contributed by atoms with Gasteiger partial charge in [-0.2, -0.15) is 0 Å². The monoisotopic (exact) mass is 344 g/mol. The van der Waals surface area contributed by atoms with Crippen LogP contribution < -0.4 is 10.8 Å². The third-order valence-electron chi connectivity index (χ3n) is 3.36. The highest BCUT2D eigenvalue weighted by Crippen LogP contribution is 2.22. The van der Waals surface area contributed by atoms with Crippen molar-refractivity contribution < 1.29 is 14.5 Å². The fourth-order valence-corrected chi connectivity index (χ4v) is 2.89. The highest BCUT2D eigenvalue weighted by atomic mass is 32.1. The Morgan fingerprint density at radius 2 is 2.12 bits per heavy atom. The molecule has 0 unspecified atom stereocenters. The molecule has 0 aliphatic rings. The van der Waals surface area contributed by atoms with E-state index in [-0.39, 0.29) is 5.69 Å². The molecule has 0 atom stereocenters. The molecule has 0 bridgehead atoms. The lowest BCUT2D eigenvalue weighted by molar-refractivity contribution is 0.0696. The number of hydrogen-bond donors (Lipinski definition) is 3. The number of hydrogen-bond acceptors (Lipinski definition) is 7. The van der Waals surface area contributed by atoms with Crippen LogP contribution in [-0.2, 0) is 13.0 Å². The van der Waals surface area contributed by atoms with Gasteiger partial charge in [-0.05, 0) is 18.5 Å². The smallest absolute Gasteiger partial charge is 0.296 e. The first-order chi connectivity index (χ1) is 11.8. The second-order valence-electron chi connectivity index (χ2n) is 5.06. The van der Waals surface area contributed by atoms with Crippen LogP contribution in [0.25, 0.3) is 11.5 Å². The predicted octanol–water partition coefficient (Wildman–Crippen LogP) is 2.25. The minimum absolute atomic E-state index is 0.00281. The molecule has 24 heavy (non-hydrogen) atoms. The van der Waals surface area contributed by atoms with Crippen molar-refractivity contribution in [1.29, 1.82) is 0 Å². The van der Waals surface area contributed by atoms with E-state index in [9.17, 15) is 4.79 Å². The van der Waals surface area contributed by atoms with Crippen LogP contribution in [0.5, 0.6) is 0 Å². The average Bonchev–Trinajstić information content (AvgIpc) is 3.28. The van der Waals surface area contributed by atoms with Gasteiger partial charge in [0.15, 0.2) is 11.5 Å². The molecule has 2 aromatic heterocycles. The lowest BCUT2D eigenvalue weighted by Crippen LogP contribution is -2.18. The van der Waals surface area contributed by atoms with Crippen LogP contribution in [0.3, 0.4) is 0 Å². The first-order valence-electron chi connectivity index (χ1n) is 7.37. The molecule has 0 aliphatic carbocycles. The van der Waals surface area contributed by atoms with Gasteiger partial charge in [-0.15, -0.1) is 11.3 Å². The van der Waals surface area contributed by atoms with Crippen molar-refractivity contribution >= 4 is 17.2 Å². The van der Waals surface area contributed by atoms with Gasteiger partial charge in [0.05, 0.1) is 0 Å². The molecule has 0 radical (unpaired) electrons. The molecule has 3 aromatic rings.